The van der Waals surface area contributed by atoms with Gasteiger partial charge in [-0.05, 0) is 39.0 Å². The third-order valence-corrected chi connectivity index (χ3v) is 2.98. The van der Waals surface area contributed by atoms with Gasteiger partial charge >= 0.3 is 0 Å². The van der Waals surface area contributed by atoms with Crippen LogP contribution in [0.15, 0.2) is 24.5 Å². The molecule has 0 spiro atoms. The Morgan fingerprint density at radius 1 is 1.11 bits per heavy atom. The van der Waals surface area contributed by atoms with Gasteiger partial charge < -0.3 is 9.47 Å². The zero-order valence-corrected chi connectivity index (χ0v) is 11.4. The lowest BCUT2D eigenvalue weighted by Gasteiger charge is -2.22. The number of hydrogen-bond acceptors (Lipinski definition) is 4. The molecule has 2 aromatic rings. The molecule has 1 aliphatic rings. The third kappa shape index (κ3) is 2.16. The van der Waals surface area contributed by atoms with Gasteiger partial charge in [0, 0.05) is 5.56 Å². The van der Waals surface area contributed by atoms with Gasteiger partial charge in [0.2, 0.25) is 0 Å². The van der Waals surface area contributed by atoms with Crippen LogP contribution in [-0.2, 0) is 5.54 Å². The predicted molar refractivity (Wildman–Crippen MR) is 71.4 cm³/mol. The topological polar surface area (TPSA) is 49.2 Å². The highest BCUT2D eigenvalue weighted by Crippen LogP contribution is 2.34. The average Bonchev–Trinajstić information content (AvgIpc) is 2.87. The van der Waals surface area contributed by atoms with Crippen molar-refractivity contribution in [2.45, 2.75) is 26.3 Å². The molecule has 5 heteroatoms. The van der Waals surface area contributed by atoms with Crippen molar-refractivity contribution in [3.8, 4) is 22.9 Å². The lowest BCUT2D eigenvalue weighted by molar-refractivity contribution is 0.171. The number of nitrogens with zero attached hydrogens (tertiary/aromatic N) is 3. The fourth-order valence-electron chi connectivity index (χ4n) is 2.11. The summed E-state index contributed by atoms with van der Waals surface area (Å²) in [6, 6.07) is 5.87. The molecule has 0 saturated carbocycles. The molecule has 0 amide bonds. The van der Waals surface area contributed by atoms with Gasteiger partial charge in [-0.25, -0.2) is 9.67 Å². The summed E-state index contributed by atoms with van der Waals surface area (Å²) in [6.45, 7) is 7.49. The first-order valence-electron chi connectivity index (χ1n) is 6.36. The largest absolute Gasteiger partial charge is 0.486 e. The van der Waals surface area contributed by atoms with Crippen LogP contribution in [0.5, 0.6) is 11.5 Å². The number of ether oxygens (including phenoxy) is 2. The van der Waals surface area contributed by atoms with Gasteiger partial charge in [-0.3, -0.25) is 0 Å². The van der Waals surface area contributed by atoms with Crippen LogP contribution in [0.4, 0.5) is 0 Å². The molecule has 2 heterocycles. The lowest BCUT2D eigenvalue weighted by atomic mass is 10.1. The molecule has 0 radical (unpaired) electrons. The van der Waals surface area contributed by atoms with E-state index in [1.165, 1.54) is 0 Å². The van der Waals surface area contributed by atoms with Crippen molar-refractivity contribution in [3.63, 3.8) is 0 Å². The van der Waals surface area contributed by atoms with E-state index in [9.17, 15) is 0 Å². The molecule has 100 valence electrons. The van der Waals surface area contributed by atoms with E-state index in [0.717, 1.165) is 22.9 Å². The van der Waals surface area contributed by atoms with Gasteiger partial charge in [0.1, 0.15) is 19.5 Å². The first-order valence-corrected chi connectivity index (χ1v) is 6.36. The van der Waals surface area contributed by atoms with Crippen LogP contribution >= 0.6 is 0 Å². The molecular formula is C14H17N3O2. The first kappa shape index (κ1) is 12.0. The van der Waals surface area contributed by atoms with Crippen LogP contribution in [-0.4, -0.2) is 28.0 Å². The number of hydrogen-bond donors (Lipinski definition) is 0. The van der Waals surface area contributed by atoms with Gasteiger partial charge in [0.15, 0.2) is 17.3 Å². The number of aromatic nitrogens is 3. The summed E-state index contributed by atoms with van der Waals surface area (Å²) >= 11 is 0. The maximum Gasteiger partial charge on any atom is 0.162 e. The van der Waals surface area contributed by atoms with E-state index in [4.69, 9.17) is 9.47 Å². The number of rotatable bonds is 1. The van der Waals surface area contributed by atoms with Crippen molar-refractivity contribution in [2.75, 3.05) is 13.2 Å². The highest BCUT2D eigenvalue weighted by molar-refractivity contribution is 5.61. The highest BCUT2D eigenvalue weighted by Gasteiger charge is 2.21. The quantitative estimate of drug-likeness (QED) is 0.789. The van der Waals surface area contributed by atoms with E-state index in [-0.39, 0.29) is 5.54 Å². The van der Waals surface area contributed by atoms with Crippen LogP contribution in [0.1, 0.15) is 20.8 Å². The standard InChI is InChI=1S/C14H17N3O2/c1-14(2,3)17-13(15-9-16-17)10-4-5-11-12(8-10)19-7-6-18-11/h4-5,8-9H,6-7H2,1-3H3. The molecule has 19 heavy (non-hydrogen) atoms. The molecule has 1 aromatic heterocycles. The summed E-state index contributed by atoms with van der Waals surface area (Å²) in [6.07, 6.45) is 1.58. The van der Waals surface area contributed by atoms with Crippen LogP contribution in [0.3, 0.4) is 0 Å². The normalized spacial score (nSPS) is 14.5. The van der Waals surface area contributed by atoms with Crippen LogP contribution < -0.4 is 9.47 Å². The van der Waals surface area contributed by atoms with Gasteiger partial charge in [-0.15, -0.1) is 0 Å². The number of fused-ring (bicyclic) bond motifs is 1. The Morgan fingerprint density at radius 3 is 2.58 bits per heavy atom. The Labute approximate surface area is 112 Å². The molecule has 1 aliphatic heterocycles. The maximum atomic E-state index is 5.61. The molecule has 0 atom stereocenters. The van der Waals surface area contributed by atoms with E-state index in [1.807, 2.05) is 22.9 Å². The van der Waals surface area contributed by atoms with Crippen molar-refractivity contribution in [1.29, 1.82) is 0 Å². The Balaban J connectivity index is 2.06. The second-order valence-corrected chi connectivity index (χ2v) is 5.52. The monoisotopic (exact) mass is 259 g/mol. The predicted octanol–water partition coefficient (Wildman–Crippen LogP) is 2.47. The maximum absolute atomic E-state index is 5.61. The molecule has 0 saturated heterocycles. The summed E-state index contributed by atoms with van der Waals surface area (Å²) < 4.78 is 13.0. The van der Waals surface area contributed by atoms with E-state index in [0.29, 0.717) is 13.2 Å². The minimum absolute atomic E-state index is 0.112. The molecule has 0 N–H and O–H groups in total. The first-order chi connectivity index (χ1) is 9.05. The minimum Gasteiger partial charge on any atom is -0.486 e. The lowest BCUT2D eigenvalue weighted by Crippen LogP contribution is -2.24. The highest BCUT2D eigenvalue weighted by atomic mass is 16.6. The summed E-state index contributed by atoms with van der Waals surface area (Å²) in [5, 5.41) is 4.31. The van der Waals surface area contributed by atoms with E-state index in [2.05, 4.69) is 30.9 Å². The van der Waals surface area contributed by atoms with Crippen molar-refractivity contribution in [2.24, 2.45) is 0 Å². The number of benzene rings is 1. The SMILES string of the molecule is CC(C)(C)n1ncnc1-c1ccc2c(c1)OCCO2. The second kappa shape index (κ2) is 4.26. The second-order valence-electron chi connectivity index (χ2n) is 5.52. The zero-order valence-electron chi connectivity index (χ0n) is 11.4. The van der Waals surface area contributed by atoms with E-state index in [1.54, 1.807) is 6.33 Å². The Bertz CT molecular complexity index is 599. The summed E-state index contributed by atoms with van der Waals surface area (Å²) in [4.78, 5) is 4.36. The Hall–Kier alpha value is -2.04. The molecule has 0 fully saturated rings. The Morgan fingerprint density at radius 2 is 1.84 bits per heavy atom. The summed E-state index contributed by atoms with van der Waals surface area (Å²) in [5.41, 5.74) is 0.871. The third-order valence-electron chi connectivity index (χ3n) is 2.98. The van der Waals surface area contributed by atoms with Crippen LogP contribution in [0.2, 0.25) is 0 Å². The van der Waals surface area contributed by atoms with E-state index >= 15 is 0 Å². The van der Waals surface area contributed by atoms with E-state index < -0.39 is 0 Å². The molecule has 5 nitrogen and oxygen atoms in total. The smallest absolute Gasteiger partial charge is 0.162 e. The molecular weight excluding hydrogens is 242 g/mol. The summed E-state index contributed by atoms with van der Waals surface area (Å²) in [7, 11) is 0. The zero-order chi connectivity index (χ0) is 13.5. The molecule has 1 aromatic carbocycles. The van der Waals surface area contributed by atoms with Gasteiger partial charge in [0.25, 0.3) is 0 Å². The fourth-order valence-corrected chi connectivity index (χ4v) is 2.11. The van der Waals surface area contributed by atoms with Crippen LogP contribution in [0, 0.1) is 0 Å². The molecule has 0 unspecified atom stereocenters. The van der Waals surface area contributed by atoms with Crippen molar-refractivity contribution < 1.29 is 9.47 Å². The average molecular weight is 259 g/mol. The van der Waals surface area contributed by atoms with Crippen molar-refractivity contribution >= 4 is 0 Å². The summed E-state index contributed by atoms with van der Waals surface area (Å²) in [5.74, 6) is 2.40. The molecule has 0 bridgehead atoms. The van der Waals surface area contributed by atoms with Crippen molar-refractivity contribution in [1.82, 2.24) is 14.8 Å². The van der Waals surface area contributed by atoms with Crippen LogP contribution in [0.25, 0.3) is 11.4 Å². The van der Waals surface area contributed by atoms with Gasteiger partial charge in [0.05, 0.1) is 5.54 Å². The van der Waals surface area contributed by atoms with Crippen molar-refractivity contribution in [3.05, 3.63) is 24.5 Å². The fraction of sp³-hybridized carbons (Fsp3) is 0.429. The van der Waals surface area contributed by atoms with Gasteiger partial charge in [-0.2, -0.15) is 5.10 Å². The molecule has 0 aliphatic carbocycles. The minimum atomic E-state index is -0.112. The molecule has 3 rings (SSSR count). The Kier molecular flexibility index (Phi) is 2.69. The van der Waals surface area contributed by atoms with Gasteiger partial charge in [-0.1, -0.05) is 0 Å².